The second-order valence-electron chi connectivity index (χ2n) is 12.1. The van der Waals surface area contributed by atoms with E-state index in [1.807, 2.05) is 0 Å². The van der Waals surface area contributed by atoms with Gasteiger partial charge in [0.05, 0.1) is 0 Å². The molecule has 2 saturated carbocycles. The second-order valence-corrected chi connectivity index (χ2v) is 12.1. The molecule has 0 aliphatic heterocycles. The lowest BCUT2D eigenvalue weighted by Gasteiger charge is -2.56. The molecule has 5 rings (SSSR count). The van der Waals surface area contributed by atoms with E-state index in [1.54, 1.807) is 0 Å². The minimum absolute atomic E-state index is 0.0148. The first-order valence-electron chi connectivity index (χ1n) is 14.4. The lowest BCUT2D eigenvalue weighted by Crippen LogP contribution is -2.53. The first-order chi connectivity index (χ1) is 17.4. The molecule has 0 saturated heterocycles. The molecule has 0 aromatic heterocycles. The highest BCUT2D eigenvalue weighted by molar-refractivity contribution is 5.99. The van der Waals surface area contributed by atoms with Crippen LogP contribution in [0.25, 0.3) is 21.5 Å². The van der Waals surface area contributed by atoms with Crippen molar-refractivity contribution >= 4 is 21.5 Å². The number of ether oxygens (including phenoxy) is 1. The predicted octanol–water partition coefficient (Wildman–Crippen LogP) is 10.0. The van der Waals surface area contributed by atoms with Crippen LogP contribution in [0.1, 0.15) is 84.6 Å². The topological polar surface area (TPSA) is 9.23 Å². The minimum Gasteiger partial charge on any atom is -0.483 e. The Morgan fingerprint density at radius 2 is 1.81 bits per heavy atom. The summed E-state index contributed by atoms with van der Waals surface area (Å²) in [5, 5.41) is 5.32. The summed E-state index contributed by atoms with van der Waals surface area (Å²) in [5.41, 5.74) is 5.07. The van der Waals surface area contributed by atoms with Crippen molar-refractivity contribution in [3.05, 3.63) is 78.2 Å². The average molecular weight is 481 g/mol. The zero-order chi connectivity index (χ0) is 25.3. The molecule has 3 aromatic carbocycles. The highest BCUT2D eigenvalue weighted by Crippen LogP contribution is 2.68. The molecule has 0 spiro atoms. The number of rotatable bonds is 10. The fourth-order valence-corrected chi connectivity index (χ4v) is 7.54. The van der Waals surface area contributed by atoms with Crippen molar-refractivity contribution in [2.45, 2.75) is 91.1 Å². The van der Waals surface area contributed by atoms with E-state index in [2.05, 4.69) is 94.6 Å². The Morgan fingerprint density at radius 1 is 1.06 bits per heavy atom. The molecule has 2 aliphatic rings. The molecule has 2 aliphatic carbocycles. The van der Waals surface area contributed by atoms with Gasteiger partial charge in [-0.15, -0.1) is 0 Å². The molecule has 0 amide bonds. The van der Waals surface area contributed by atoms with Gasteiger partial charge >= 0.3 is 0 Å². The molecule has 0 heterocycles. The lowest BCUT2D eigenvalue weighted by atomic mass is 9.51. The molecule has 2 fully saturated rings. The zero-order valence-corrected chi connectivity index (χ0v) is 22.9. The molecule has 1 heteroatoms. The summed E-state index contributed by atoms with van der Waals surface area (Å²) in [6.07, 6.45) is 10.6. The molecule has 0 bridgehead atoms. The third-order valence-electron chi connectivity index (χ3n) is 10.2. The van der Waals surface area contributed by atoms with Gasteiger partial charge in [0.25, 0.3) is 0 Å². The third kappa shape index (κ3) is 4.41. The van der Waals surface area contributed by atoms with Gasteiger partial charge in [-0.3, -0.25) is 0 Å². The largest absolute Gasteiger partial charge is 0.483 e. The van der Waals surface area contributed by atoms with Gasteiger partial charge in [-0.1, -0.05) is 88.9 Å². The highest BCUT2D eigenvalue weighted by Gasteiger charge is 2.64. The van der Waals surface area contributed by atoms with Crippen molar-refractivity contribution in [3.63, 3.8) is 0 Å². The Bertz CT molecular complexity index is 1280. The third-order valence-corrected chi connectivity index (χ3v) is 10.2. The number of hydrogen-bond acceptors (Lipinski definition) is 1. The van der Waals surface area contributed by atoms with Crippen molar-refractivity contribution in [2.24, 2.45) is 23.2 Å². The van der Waals surface area contributed by atoms with Gasteiger partial charge < -0.3 is 4.74 Å². The molecular weight excluding hydrogens is 436 g/mol. The first kappa shape index (κ1) is 25.2. The second kappa shape index (κ2) is 10.1. The van der Waals surface area contributed by atoms with E-state index in [0.29, 0.717) is 11.3 Å². The standard InChI is InChI=1S/C35H44O/c1-6-25(4)21-30-24-33-34(30,5)19-20-35(33,8-3)36-31(7-2)18-12-16-26-15-11-17-29-22-27-13-9-10-14-28(27)23-32(26)29/h9-11,13-15,17,22-23,25,30,33H,2,6,8,12,16,18-21,24H2,1,3-5H3. The van der Waals surface area contributed by atoms with Crippen molar-refractivity contribution in [2.75, 3.05) is 0 Å². The summed E-state index contributed by atoms with van der Waals surface area (Å²) in [7, 11) is 0. The van der Waals surface area contributed by atoms with Crippen molar-refractivity contribution in [1.29, 1.82) is 0 Å². The molecule has 1 nitrogen and oxygen atoms in total. The smallest absolute Gasteiger partial charge is 0.138 e. The van der Waals surface area contributed by atoms with E-state index in [1.165, 1.54) is 59.2 Å². The Hall–Kier alpha value is -2.50. The number of benzene rings is 3. The Kier molecular flexibility index (Phi) is 7.06. The summed E-state index contributed by atoms with van der Waals surface area (Å²) < 4.78 is 6.90. The Balaban J connectivity index is 1.25. The van der Waals surface area contributed by atoms with Crippen LogP contribution in [0.2, 0.25) is 0 Å². The van der Waals surface area contributed by atoms with Crippen molar-refractivity contribution < 1.29 is 4.74 Å². The first-order valence-corrected chi connectivity index (χ1v) is 14.4. The summed E-state index contributed by atoms with van der Waals surface area (Å²) in [6, 6.07) is 20.1. The fourth-order valence-electron chi connectivity index (χ4n) is 7.54. The van der Waals surface area contributed by atoms with Crippen molar-refractivity contribution in [1.82, 2.24) is 0 Å². The van der Waals surface area contributed by atoms with Gasteiger partial charge in [-0.05, 0) is 101 Å². The van der Waals surface area contributed by atoms with Crippen LogP contribution in [0, 0.1) is 23.2 Å². The summed E-state index contributed by atoms with van der Waals surface area (Å²) in [4.78, 5) is 0. The molecule has 0 radical (unpaired) electrons. The average Bonchev–Trinajstić information content (AvgIpc) is 3.12. The van der Waals surface area contributed by atoms with Crippen LogP contribution < -0.4 is 0 Å². The highest BCUT2D eigenvalue weighted by atomic mass is 16.5. The molecule has 0 N–H and O–H groups in total. The minimum atomic E-state index is -0.0148. The van der Waals surface area contributed by atoms with Gasteiger partial charge in [0.1, 0.15) is 11.4 Å². The molecular formula is C35H44O. The van der Waals surface area contributed by atoms with Gasteiger partial charge in [0.2, 0.25) is 0 Å². The van der Waals surface area contributed by atoms with E-state index < -0.39 is 0 Å². The maximum absolute atomic E-state index is 6.90. The van der Waals surface area contributed by atoms with E-state index in [4.69, 9.17) is 4.74 Å². The number of hydrogen-bond donors (Lipinski definition) is 0. The van der Waals surface area contributed by atoms with E-state index >= 15 is 0 Å². The van der Waals surface area contributed by atoms with Gasteiger partial charge in [-0.2, -0.15) is 0 Å². The maximum Gasteiger partial charge on any atom is 0.138 e. The molecule has 5 atom stereocenters. The zero-order valence-electron chi connectivity index (χ0n) is 22.9. The normalized spacial score (nSPS) is 27.9. The van der Waals surface area contributed by atoms with Crippen LogP contribution in [-0.2, 0) is 11.2 Å². The quantitative estimate of drug-likeness (QED) is 0.159. The Morgan fingerprint density at radius 3 is 2.53 bits per heavy atom. The number of fused-ring (bicyclic) bond motifs is 3. The SMILES string of the molecule is C=C=C(CCCc1cccc2cc3ccccc3cc12)OC1(CC)CCC2(C)C(CC(C)CC)CC12. The van der Waals surface area contributed by atoms with Crippen LogP contribution in [0.5, 0.6) is 0 Å². The van der Waals surface area contributed by atoms with E-state index in [-0.39, 0.29) is 5.60 Å². The number of allylic oxidation sites excluding steroid dienone is 1. The van der Waals surface area contributed by atoms with Gasteiger partial charge in [-0.25, -0.2) is 0 Å². The van der Waals surface area contributed by atoms with Crippen molar-refractivity contribution in [3.8, 4) is 0 Å². The van der Waals surface area contributed by atoms with Crippen LogP contribution in [0.3, 0.4) is 0 Å². The molecule has 3 aromatic rings. The van der Waals surface area contributed by atoms with Crippen LogP contribution in [0.15, 0.2) is 72.7 Å². The molecule has 5 unspecified atom stereocenters. The number of aryl methyl sites for hydroxylation is 1. The summed E-state index contributed by atoms with van der Waals surface area (Å²) in [5.74, 6) is 3.37. The van der Waals surface area contributed by atoms with Gasteiger partial charge in [0.15, 0.2) is 0 Å². The maximum atomic E-state index is 6.90. The van der Waals surface area contributed by atoms with E-state index in [9.17, 15) is 0 Å². The van der Waals surface area contributed by atoms with Crippen LogP contribution in [0.4, 0.5) is 0 Å². The molecule has 36 heavy (non-hydrogen) atoms. The summed E-state index contributed by atoms with van der Waals surface area (Å²) in [6.45, 7) is 13.7. The van der Waals surface area contributed by atoms with Crippen LogP contribution in [-0.4, -0.2) is 5.60 Å². The summed E-state index contributed by atoms with van der Waals surface area (Å²) >= 11 is 0. The lowest BCUT2D eigenvalue weighted by molar-refractivity contribution is -0.133. The fraction of sp³-hybridized carbons (Fsp3) is 0.514. The van der Waals surface area contributed by atoms with Gasteiger partial charge in [0, 0.05) is 12.3 Å². The monoisotopic (exact) mass is 480 g/mol. The Labute approximate surface area is 218 Å². The molecule has 190 valence electrons. The van der Waals surface area contributed by atoms with Crippen LogP contribution >= 0.6 is 0 Å². The predicted molar refractivity (Wildman–Crippen MR) is 154 cm³/mol. The van der Waals surface area contributed by atoms with E-state index in [0.717, 1.165) is 43.3 Å².